The molecule has 0 aliphatic carbocycles. The summed E-state index contributed by atoms with van der Waals surface area (Å²) in [6, 6.07) is 12.8. The molecule has 0 aromatic heterocycles. The van der Waals surface area contributed by atoms with Crippen molar-refractivity contribution in [2.75, 3.05) is 6.61 Å². The molecule has 5 nitrogen and oxygen atoms in total. The monoisotopic (exact) mass is 432 g/mol. The summed E-state index contributed by atoms with van der Waals surface area (Å²) in [5.41, 5.74) is -2.76. The van der Waals surface area contributed by atoms with Crippen LogP contribution >= 0.6 is 0 Å². The van der Waals surface area contributed by atoms with Crippen LogP contribution in [-0.4, -0.2) is 57.0 Å². The van der Waals surface area contributed by atoms with Crippen LogP contribution in [0.25, 0.3) is 0 Å². The molecule has 0 amide bonds. The molecule has 0 radical (unpaired) electrons. The average molecular weight is 432 g/mol. The molecule has 1 aliphatic rings. The summed E-state index contributed by atoms with van der Waals surface area (Å²) < 4.78 is 44.2. The Hall–Kier alpha value is -2.85. The lowest BCUT2D eigenvalue weighted by atomic mass is 9.82. The van der Waals surface area contributed by atoms with Gasteiger partial charge in [-0.05, 0) is 30.3 Å². The van der Waals surface area contributed by atoms with E-state index in [1.807, 2.05) is 0 Å². The van der Waals surface area contributed by atoms with E-state index in [0.29, 0.717) is 5.56 Å². The lowest BCUT2D eigenvalue weighted by Crippen LogP contribution is -2.65. The fraction of sp³-hybridized carbons (Fsp3) is 0.304. The molecule has 0 saturated carbocycles. The molecule has 8 heteroatoms. The fourth-order valence-corrected chi connectivity index (χ4v) is 3.03. The molecule has 0 spiro atoms. The van der Waals surface area contributed by atoms with Crippen molar-refractivity contribution in [1.82, 2.24) is 0 Å². The molecule has 1 saturated heterocycles. The lowest BCUT2D eigenvalue weighted by molar-refractivity contribution is -0.239. The molecule has 162 valence electrons. The van der Waals surface area contributed by atoms with E-state index in [-0.39, 0.29) is 5.56 Å². The van der Waals surface area contributed by atoms with Gasteiger partial charge in [-0.3, -0.25) is 0 Å². The summed E-state index contributed by atoms with van der Waals surface area (Å²) in [5.74, 6) is 10.1. The number of halogens is 3. The van der Waals surface area contributed by atoms with Crippen LogP contribution in [0.4, 0.5) is 13.2 Å². The Balaban J connectivity index is 1.99. The number of aliphatic hydroxyl groups excluding tert-OH is 3. The van der Waals surface area contributed by atoms with Gasteiger partial charge >= 0.3 is 6.18 Å². The molecule has 5 atom stereocenters. The van der Waals surface area contributed by atoms with E-state index in [1.54, 1.807) is 30.3 Å². The summed E-state index contributed by atoms with van der Waals surface area (Å²) in [7, 11) is 0. The highest BCUT2D eigenvalue weighted by molar-refractivity contribution is 5.43. The van der Waals surface area contributed by atoms with E-state index in [9.17, 15) is 33.6 Å². The summed E-state index contributed by atoms with van der Waals surface area (Å²) in [5, 5.41) is 41.1. The number of hydrogen-bond donors (Lipinski definition) is 4. The van der Waals surface area contributed by atoms with Crippen molar-refractivity contribution in [2.24, 2.45) is 0 Å². The fourth-order valence-electron chi connectivity index (χ4n) is 3.03. The highest BCUT2D eigenvalue weighted by Crippen LogP contribution is 2.31. The van der Waals surface area contributed by atoms with Crippen LogP contribution in [0.3, 0.4) is 0 Å². The van der Waals surface area contributed by atoms with E-state index in [2.05, 4.69) is 23.7 Å². The first-order valence-corrected chi connectivity index (χ1v) is 9.27. The van der Waals surface area contributed by atoms with E-state index in [4.69, 9.17) is 4.74 Å². The quantitative estimate of drug-likeness (QED) is 0.511. The molecule has 1 aliphatic heterocycles. The second-order valence-corrected chi connectivity index (χ2v) is 6.96. The van der Waals surface area contributed by atoms with E-state index >= 15 is 0 Å². The third-order valence-corrected chi connectivity index (χ3v) is 4.76. The molecule has 0 bridgehead atoms. The van der Waals surface area contributed by atoms with Gasteiger partial charge in [0, 0.05) is 11.1 Å². The van der Waals surface area contributed by atoms with Crippen molar-refractivity contribution in [3.8, 4) is 23.7 Å². The van der Waals surface area contributed by atoms with Gasteiger partial charge in [0.15, 0.2) is 11.7 Å². The second kappa shape index (κ2) is 9.11. The van der Waals surface area contributed by atoms with Gasteiger partial charge in [0.1, 0.15) is 18.3 Å². The molecule has 31 heavy (non-hydrogen) atoms. The van der Waals surface area contributed by atoms with Gasteiger partial charge in [0.25, 0.3) is 0 Å². The zero-order valence-electron chi connectivity index (χ0n) is 16.0. The third-order valence-electron chi connectivity index (χ3n) is 4.76. The summed E-state index contributed by atoms with van der Waals surface area (Å²) >= 11 is 0. The number of benzene rings is 2. The van der Waals surface area contributed by atoms with Crippen LogP contribution in [0, 0.1) is 23.7 Å². The normalized spacial score (nSPS) is 28.1. The minimum absolute atomic E-state index is 0.00189. The molecular formula is C23H19F3O5. The Morgan fingerprint density at radius 3 is 2.29 bits per heavy atom. The number of hydrogen-bond acceptors (Lipinski definition) is 5. The standard InChI is InChI=1S/C23H19F3O5/c24-23(25,26)17-8-4-7-16(13-17)9-10-19-22(30,12-11-15-5-2-1-3-6-15)21(29)20(28)18(14-27)31-19/h1-8,13,18-21,27-30H,14H2/t18-,19-,20-,21+,22-/m1/s1. The van der Waals surface area contributed by atoms with Crippen molar-refractivity contribution < 1.29 is 38.3 Å². The van der Waals surface area contributed by atoms with Crippen molar-refractivity contribution in [3.05, 3.63) is 71.3 Å². The van der Waals surface area contributed by atoms with E-state index < -0.39 is 48.4 Å². The van der Waals surface area contributed by atoms with Crippen molar-refractivity contribution in [3.63, 3.8) is 0 Å². The maximum atomic E-state index is 12.9. The predicted molar refractivity (Wildman–Crippen MR) is 104 cm³/mol. The summed E-state index contributed by atoms with van der Waals surface area (Å²) in [4.78, 5) is 0. The number of aliphatic hydroxyl groups is 4. The van der Waals surface area contributed by atoms with Gasteiger partial charge in [-0.1, -0.05) is 47.9 Å². The zero-order valence-corrected chi connectivity index (χ0v) is 16.0. The third kappa shape index (κ3) is 5.08. The van der Waals surface area contributed by atoms with Crippen molar-refractivity contribution >= 4 is 0 Å². The number of rotatable bonds is 1. The van der Waals surface area contributed by atoms with Gasteiger partial charge in [-0.2, -0.15) is 13.2 Å². The lowest BCUT2D eigenvalue weighted by Gasteiger charge is -2.43. The molecule has 1 fully saturated rings. The molecule has 3 rings (SSSR count). The van der Waals surface area contributed by atoms with Crippen molar-refractivity contribution in [2.45, 2.75) is 36.2 Å². The van der Waals surface area contributed by atoms with Crippen LogP contribution in [0.5, 0.6) is 0 Å². The average Bonchev–Trinajstić information content (AvgIpc) is 2.76. The first kappa shape index (κ1) is 22.8. The minimum atomic E-state index is -4.55. The van der Waals surface area contributed by atoms with Crippen LogP contribution < -0.4 is 0 Å². The summed E-state index contributed by atoms with van der Waals surface area (Å²) in [6.45, 7) is -0.678. The topological polar surface area (TPSA) is 90.2 Å². The number of ether oxygens (including phenoxy) is 1. The van der Waals surface area contributed by atoms with Gasteiger partial charge < -0.3 is 25.2 Å². The largest absolute Gasteiger partial charge is 0.416 e. The molecular weight excluding hydrogens is 413 g/mol. The van der Waals surface area contributed by atoms with Crippen LogP contribution in [0.1, 0.15) is 16.7 Å². The van der Waals surface area contributed by atoms with Crippen LogP contribution in [-0.2, 0) is 10.9 Å². The maximum absolute atomic E-state index is 12.9. The zero-order chi connectivity index (χ0) is 22.6. The highest BCUT2D eigenvalue weighted by atomic mass is 19.4. The maximum Gasteiger partial charge on any atom is 0.416 e. The Bertz CT molecular complexity index is 1030. The van der Waals surface area contributed by atoms with Gasteiger partial charge in [-0.25, -0.2) is 0 Å². The molecule has 4 N–H and O–H groups in total. The van der Waals surface area contributed by atoms with E-state index in [0.717, 1.165) is 12.1 Å². The Kier molecular flexibility index (Phi) is 6.71. The Morgan fingerprint density at radius 2 is 1.65 bits per heavy atom. The smallest absolute Gasteiger partial charge is 0.394 e. The minimum Gasteiger partial charge on any atom is -0.394 e. The Labute approximate surface area is 176 Å². The number of alkyl halides is 3. The van der Waals surface area contributed by atoms with Gasteiger partial charge in [0.2, 0.25) is 0 Å². The SMILES string of the molecule is OC[C@H]1O[C@H](C#Cc2cccc(C(F)(F)F)c2)[C@](O)(C#Cc2ccccc2)[C@@H](O)[C@@H]1O. The first-order valence-electron chi connectivity index (χ1n) is 9.27. The highest BCUT2D eigenvalue weighted by Gasteiger charge is 2.53. The molecule has 2 aromatic rings. The second-order valence-electron chi connectivity index (χ2n) is 6.96. The predicted octanol–water partition coefficient (Wildman–Crippen LogP) is 1.32. The Morgan fingerprint density at radius 1 is 0.968 bits per heavy atom. The summed E-state index contributed by atoms with van der Waals surface area (Å²) in [6.07, 6.45) is -10.9. The first-order chi connectivity index (χ1) is 14.6. The van der Waals surface area contributed by atoms with E-state index in [1.165, 1.54) is 12.1 Å². The molecule has 0 unspecified atom stereocenters. The van der Waals surface area contributed by atoms with Crippen LogP contribution in [0.15, 0.2) is 54.6 Å². The van der Waals surface area contributed by atoms with Crippen LogP contribution in [0.2, 0.25) is 0 Å². The van der Waals surface area contributed by atoms with Crippen molar-refractivity contribution in [1.29, 1.82) is 0 Å². The molecule has 2 aromatic carbocycles. The van der Waals surface area contributed by atoms with Gasteiger partial charge in [0.05, 0.1) is 12.2 Å². The molecule has 1 heterocycles. The van der Waals surface area contributed by atoms with Gasteiger partial charge in [-0.15, -0.1) is 0 Å².